The molecule has 4 nitrogen and oxygen atoms in total. The van der Waals surface area contributed by atoms with E-state index in [1.54, 1.807) is 13.2 Å². The van der Waals surface area contributed by atoms with Crippen molar-refractivity contribution in [3.05, 3.63) is 59.7 Å². The maximum absolute atomic E-state index is 10.2. The highest BCUT2D eigenvalue weighted by atomic mass is 16.5. The SMILES string of the molecule is COc1ccc(C2=N[C@@H](C(C)C)[NH2+][C@@H](c3ccccc3O)C2)cc1. The summed E-state index contributed by atoms with van der Waals surface area (Å²) in [5.41, 5.74) is 3.19. The number of phenols is 1. The van der Waals surface area contributed by atoms with Crippen molar-refractivity contribution in [1.82, 2.24) is 0 Å². The average Bonchev–Trinajstić information content (AvgIpc) is 2.61. The van der Waals surface area contributed by atoms with Crippen molar-refractivity contribution in [2.24, 2.45) is 10.9 Å². The zero-order valence-corrected chi connectivity index (χ0v) is 14.4. The van der Waals surface area contributed by atoms with Crippen molar-refractivity contribution in [1.29, 1.82) is 0 Å². The summed E-state index contributed by atoms with van der Waals surface area (Å²) >= 11 is 0. The summed E-state index contributed by atoms with van der Waals surface area (Å²) in [5, 5.41) is 12.5. The Morgan fingerprint density at radius 2 is 1.83 bits per heavy atom. The highest BCUT2D eigenvalue weighted by molar-refractivity contribution is 6.01. The number of rotatable bonds is 4. The topological polar surface area (TPSA) is 58.4 Å². The molecule has 0 saturated heterocycles. The Morgan fingerprint density at radius 1 is 1.12 bits per heavy atom. The third-order valence-electron chi connectivity index (χ3n) is 4.59. The van der Waals surface area contributed by atoms with Crippen LogP contribution in [-0.4, -0.2) is 24.1 Å². The second kappa shape index (κ2) is 7.05. The van der Waals surface area contributed by atoms with Gasteiger partial charge in [-0.2, -0.15) is 0 Å². The lowest BCUT2D eigenvalue weighted by atomic mass is 9.93. The highest BCUT2D eigenvalue weighted by Crippen LogP contribution is 2.28. The van der Waals surface area contributed by atoms with Gasteiger partial charge in [-0.1, -0.05) is 26.0 Å². The minimum absolute atomic E-state index is 0.153. The maximum Gasteiger partial charge on any atom is 0.182 e. The first-order chi connectivity index (χ1) is 11.6. The molecule has 24 heavy (non-hydrogen) atoms. The van der Waals surface area contributed by atoms with Gasteiger partial charge in [0.05, 0.1) is 18.4 Å². The predicted molar refractivity (Wildman–Crippen MR) is 95.5 cm³/mol. The summed E-state index contributed by atoms with van der Waals surface area (Å²) < 4.78 is 5.24. The first-order valence-corrected chi connectivity index (χ1v) is 8.42. The summed E-state index contributed by atoms with van der Waals surface area (Å²) in [6, 6.07) is 15.8. The molecule has 4 heteroatoms. The van der Waals surface area contributed by atoms with Crippen LogP contribution in [0, 0.1) is 5.92 Å². The molecular weight excluding hydrogens is 300 g/mol. The van der Waals surface area contributed by atoms with Gasteiger partial charge in [0.2, 0.25) is 0 Å². The molecule has 1 heterocycles. The molecule has 0 aliphatic carbocycles. The first-order valence-electron chi connectivity index (χ1n) is 8.42. The molecule has 0 fully saturated rings. The molecule has 0 saturated carbocycles. The van der Waals surface area contributed by atoms with Gasteiger partial charge >= 0.3 is 0 Å². The van der Waals surface area contributed by atoms with Crippen LogP contribution >= 0.6 is 0 Å². The Hall–Kier alpha value is -2.33. The summed E-state index contributed by atoms with van der Waals surface area (Å²) in [5.74, 6) is 1.63. The van der Waals surface area contributed by atoms with E-state index in [9.17, 15) is 5.11 Å². The van der Waals surface area contributed by atoms with Crippen LogP contribution in [-0.2, 0) is 0 Å². The number of aromatic hydroxyl groups is 1. The fourth-order valence-corrected chi connectivity index (χ4v) is 3.15. The van der Waals surface area contributed by atoms with E-state index in [2.05, 4.69) is 31.3 Å². The predicted octanol–water partition coefficient (Wildman–Crippen LogP) is 2.88. The van der Waals surface area contributed by atoms with Crippen LogP contribution in [0.4, 0.5) is 0 Å². The molecule has 0 spiro atoms. The number of hydrogen-bond acceptors (Lipinski definition) is 3. The zero-order chi connectivity index (χ0) is 17.1. The van der Waals surface area contributed by atoms with Crippen molar-refractivity contribution in [2.75, 3.05) is 7.11 Å². The zero-order valence-electron chi connectivity index (χ0n) is 14.4. The molecule has 3 rings (SSSR count). The second-order valence-electron chi connectivity index (χ2n) is 6.60. The third kappa shape index (κ3) is 3.44. The Bertz CT molecular complexity index is 723. The van der Waals surface area contributed by atoms with Crippen LogP contribution in [0.15, 0.2) is 53.5 Å². The molecule has 2 aromatic rings. The number of nitrogens with two attached hydrogens (primary N) is 1. The van der Waals surface area contributed by atoms with E-state index in [1.807, 2.05) is 30.3 Å². The smallest absolute Gasteiger partial charge is 0.182 e. The lowest BCUT2D eigenvalue weighted by molar-refractivity contribution is -0.733. The number of ether oxygens (including phenoxy) is 1. The molecule has 0 unspecified atom stereocenters. The van der Waals surface area contributed by atoms with E-state index in [-0.39, 0.29) is 12.2 Å². The van der Waals surface area contributed by atoms with E-state index in [4.69, 9.17) is 9.73 Å². The van der Waals surface area contributed by atoms with E-state index in [0.29, 0.717) is 11.7 Å². The largest absolute Gasteiger partial charge is 0.507 e. The van der Waals surface area contributed by atoms with Crippen LogP contribution in [0.25, 0.3) is 0 Å². The lowest BCUT2D eigenvalue weighted by Crippen LogP contribution is -2.93. The second-order valence-corrected chi connectivity index (χ2v) is 6.60. The molecule has 1 aliphatic heterocycles. The highest BCUT2D eigenvalue weighted by Gasteiger charge is 2.31. The van der Waals surface area contributed by atoms with Gasteiger partial charge in [-0.05, 0) is 42.0 Å². The summed E-state index contributed by atoms with van der Waals surface area (Å²) in [4.78, 5) is 4.95. The van der Waals surface area contributed by atoms with Gasteiger partial charge in [-0.25, -0.2) is 4.99 Å². The van der Waals surface area contributed by atoms with E-state index in [0.717, 1.165) is 29.0 Å². The molecule has 2 aromatic carbocycles. The average molecular weight is 325 g/mol. The number of methoxy groups -OCH3 is 1. The summed E-state index contributed by atoms with van der Waals surface area (Å²) in [7, 11) is 1.67. The molecule has 126 valence electrons. The van der Waals surface area contributed by atoms with Crippen molar-refractivity contribution in [3.63, 3.8) is 0 Å². The molecule has 0 bridgehead atoms. The Kier molecular flexibility index (Phi) is 4.86. The van der Waals surface area contributed by atoms with Crippen molar-refractivity contribution < 1.29 is 15.2 Å². The van der Waals surface area contributed by atoms with Crippen LogP contribution in [0.3, 0.4) is 0 Å². The van der Waals surface area contributed by atoms with Gasteiger partial charge < -0.3 is 15.2 Å². The van der Waals surface area contributed by atoms with Crippen LogP contribution in [0.2, 0.25) is 0 Å². The number of benzene rings is 2. The van der Waals surface area contributed by atoms with Gasteiger partial charge in [0.15, 0.2) is 6.17 Å². The summed E-state index contributed by atoms with van der Waals surface area (Å²) in [6.07, 6.45) is 0.952. The maximum atomic E-state index is 10.2. The standard InChI is InChI=1S/C20H24N2O2/c1-13(2)20-21-17(14-8-10-15(24-3)11-9-14)12-18(22-20)16-6-4-5-7-19(16)23/h4-11,13,18,20,22-23H,12H2,1-3H3/p+1/t18-,20-/m1/s1. The molecule has 2 atom stereocenters. The van der Waals surface area contributed by atoms with Crippen LogP contribution in [0.5, 0.6) is 11.5 Å². The van der Waals surface area contributed by atoms with E-state index in [1.165, 1.54) is 0 Å². The fourth-order valence-electron chi connectivity index (χ4n) is 3.15. The van der Waals surface area contributed by atoms with Gasteiger partial charge in [-0.15, -0.1) is 0 Å². The minimum atomic E-state index is 0.153. The third-order valence-corrected chi connectivity index (χ3v) is 4.59. The fraction of sp³-hybridized carbons (Fsp3) is 0.350. The van der Waals surface area contributed by atoms with Gasteiger partial charge in [0.1, 0.15) is 17.5 Å². The van der Waals surface area contributed by atoms with Gasteiger partial charge in [0, 0.05) is 12.3 Å². The summed E-state index contributed by atoms with van der Waals surface area (Å²) in [6.45, 7) is 4.37. The number of quaternary nitrogens is 1. The molecule has 0 amide bonds. The number of phenolic OH excluding ortho intramolecular Hbond substituents is 1. The van der Waals surface area contributed by atoms with Crippen molar-refractivity contribution >= 4 is 5.71 Å². The molecular formula is C20H25N2O2+. The molecule has 1 aliphatic rings. The number of nitrogens with zero attached hydrogens (tertiary/aromatic N) is 1. The minimum Gasteiger partial charge on any atom is -0.507 e. The van der Waals surface area contributed by atoms with Crippen molar-refractivity contribution in [3.8, 4) is 11.5 Å². The van der Waals surface area contributed by atoms with Gasteiger partial charge in [-0.3, -0.25) is 0 Å². The van der Waals surface area contributed by atoms with E-state index >= 15 is 0 Å². The molecule has 0 radical (unpaired) electrons. The van der Waals surface area contributed by atoms with E-state index < -0.39 is 0 Å². The Labute approximate surface area is 143 Å². The Balaban J connectivity index is 1.93. The lowest BCUT2D eigenvalue weighted by Gasteiger charge is -2.29. The molecule has 0 aromatic heterocycles. The number of para-hydroxylation sites is 1. The molecule has 3 N–H and O–H groups in total. The number of aliphatic imine (C=N–C) groups is 1. The van der Waals surface area contributed by atoms with Crippen LogP contribution in [0.1, 0.15) is 37.4 Å². The Morgan fingerprint density at radius 3 is 2.46 bits per heavy atom. The number of hydrogen-bond donors (Lipinski definition) is 2. The first kappa shape index (κ1) is 16.5. The monoisotopic (exact) mass is 325 g/mol. The van der Waals surface area contributed by atoms with Crippen LogP contribution < -0.4 is 10.1 Å². The normalized spacial score (nSPS) is 20.8. The quantitative estimate of drug-likeness (QED) is 0.908. The van der Waals surface area contributed by atoms with Crippen molar-refractivity contribution in [2.45, 2.75) is 32.5 Å². The van der Waals surface area contributed by atoms with Gasteiger partial charge in [0.25, 0.3) is 0 Å².